The molecular formula is C19H25Cl2O4P. The summed E-state index contributed by atoms with van der Waals surface area (Å²) >= 11 is 11.9. The lowest BCUT2D eigenvalue weighted by atomic mass is 10.0. The standard InChI is InChI=1S/C17H19Cl2O4P.C2H6/c1-5-16(19)15(10-12(3)18)17(20)13-8-7-9-14(11-13)24(21,22-4)23-6-2;1-2/h5,7-11H,1,6H2,2-4H3;1-2H3/b12-10+,16-15-;. The van der Waals surface area contributed by atoms with Gasteiger partial charge in [0.25, 0.3) is 0 Å². The van der Waals surface area contributed by atoms with E-state index in [0.717, 1.165) is 0 Å². The quantitative estimate of drug-likeness (QED) is 0.217. The van der Waals surface area contributed by atoms with Crippen LogP contribution in [0.5, 0.6) is 0 Å². The van der Waals surface area contributed by atoms with Crippen molar-refractivity contribution in [2.75, 3.05) is 13.7 Å². The highest BCUT2D eigenvalue weighted by molar-refractivity contribution is 7.62. The van der Waals surface area contributed by atoms with E-state index in [0.29, 0.717) is 10.3 Å². The number of hydrogen-bond donors (Lipinski definition) is 0. The summed E-state index contributed by atoms with van der Waals surface area (Å²) < 4.78 is 22.9. The second-order valence-corrected chi connectivity index (χ2v) is 7.81. The fourth-order valence-corrected chi connectivity index (χ4v) is 3.55. The molecule has 0 saturated carbocycles. The molecule has 4 nitrogen and oxygen atoms in total. The maximum atomic E-state index is 12.7. The average molecular weight is 419 g/mol. The molecule has 0 aliphatic heterocycles. The molecule has 0 aliphatic rings. The number of halogens is 2. The Morgan fingerprint density at radius 3 is 2.38 bits per heavy atom. The van der Waals surface area contributed by atoms with E-state index in [1.807, 2.05) is 13.8 Å². The Labute approximate surface area is 166 Å². The molecule has 1 atom stereocenters. The predicted molar refractivity (Wildman–Crippen MR) is 111 cm³/mol. The van der Waals surface area contributed by atoms with Gasteiger partial charge in [0.2, 0.25) is 0 Å². The van der Waals surface area contributed by atoms with Crippen LogP contribution in [0.15, 0.2) is 58.6 Å². The van der Waals surface area contributed by atoms with E-state index in [1.54, 1.807) is 32.0 Å². The summed E-state index contributed by atoms with van der Waals surface area (Å²) in [7, 11) is -2.17. The molecule has 0 aromatic heterocycles. The number of carbonyl (C=O) groups is 1. The van der Waals surface area contributed by atoms with E-state index < -0.39 is 7.60 Å². The summed E-state index contributed by atoms with van der Waals surface area (Å²) in [4.78, 5) is 12.7. The highest BCUT2D eigenvalue weighted by Crippen LogP contribution is 2.46. The van der Waals surface area contributed by atoms with Gasteiger partial charge in [0.05, 0.1) is 16.9 Å². The van der Waals surface area contributed by atoms with Gasteiger partial charge in [0.15, 0.2) is 5.78 Å². The van der Waals surface area contributed by atoms with E-state index in [-0.39, 0.29) is 28.6 Å². The molecule has 7 heteroatoms. The molecule has 1 unspecified atom stereocenters. The summed E-state index contributed by atoms with van der Waals surface area (Å²) in [5.74, 6) is -0.374. The number of hydrogen-bond acceptors (Lipinski definition) is 4. The molecule has 0 aliphatic carbocycles. The molecule has 1 aromatic carbocycles. The Bertz CT molecular complexity index is 735. The number of ketones is 1. The third-order valence-electron chi connectivity index (χ3n) is 2.99. The monoisotopic (exact) mass is 418 g/mol. The molecule has 0 heterocycles. The van der Waals surface area contributed by atoms with Crippen LogP contribution in [0.1, 0.15) is 38.1 Å². The summed E-state index contributed by atoms with van der Waals surface area (Å²) in [5, 5.41) is 0.856. The molecule has 0 bridgehead atoms. The predicted octanol–water partition coefficient (Wildman–Crippen LogP) is 6.22. The first-order valence-electron chi connectivity index (χ1n) is 8.10. The van der Waals surface area contributed by atoms with E-state index in [1.165, 1.54) is 25.3 Å². The Morgan fingerprint density at radius 2 is 1.92 bits per heavy atom. The second kappa shape index (κ2) is 12.3. The summed E-state index contributed by atoms with van der Waals surface area (Å²) in [6.45, 7) is 11.1. The van der Waals surface area contributed by atoms with Crippen molar-refractivity contribution in [2.45, 2.75) is 27.7 Å². The minimum Gasteiger partial charge on any atom is -0.309 e. The lowest BCUT2D eigenvalue weighted by molar-refractivity contribution is 0.103. The largest absolute Gasteiger partial charge is 0.361 e. The number of rotatable bonds is 8. The molecule has 0 spiro atoms. The zero-order chi connectivity index (χ0) is 20.3. The highest BCUT2D eigenvalue weighted by atomic mass is 35.5. The van der Waals surface area contributed by atoms with Crippen molar-refractivity contribution in [3.8, 4) is 0 Å². The first-order valence-corrected chi connectivity index (χ1v) is 10.4. The van der Waals surface area contributed by atoms with Crippen molar-refractivity contribution in [1.29, 1.82) is 0 Å². The average Bonchev–Trinajstić information content (AvgIpc) is 2.66. The number of allylic oxidation sites excluding steroid dienone is 5. The maximum absolute atomic E-state index is 12.7. The van der Waals surface area contributed by atoms with Gasteiger partial charge in [-0.25, -0.2) is 0 Å². The van der Waals surface area contributed by atoms with Gasteiger partial charge >= 0.3 is 7.60 Å². The first kappa shape index (κ1) is 24.8. The minimum atomic E-state index is -3.47. The second-order valence-electron chi connectivity index (χ2n) is 4.67. The van der Waals surface area contributed by atoms with Crippen molar-refractivity contribution in [1.82, 2.24) is 0 Å². The lowest BCUT2D eigenvalue weighted by Gasteiger charge is -2.16. The summed E-state index contributed by atoms with van der Waals surface area (Å²) in [6.07, 6.45) is 2.81. The molecule has 1 rings (SSSR count). The van der Waals surface area contributed by atoms with E-state index in [2.05, 4.69) is 6.58 Å². The van der Waals surface area contributed by atoms with E-state index in [4.69, 9.17) is 32.2 Å². The van der Waals surface area contributed by atoms with Gasteiger partial charge in [-0.1, -0.05) is 55.8 Å². The summed E-state index contributed by atoms with van der Waals surface area (Å²) in [5.41, 5.74) is 0.480. The Kier molecular flexibility index (Phi) is 11.7. The fraction of sp³-hybridized carbons (Fsp3) is 0.316. The van der Waals surface area contributed by atoms with Gasteiger partial charge in [0.1, 0.15) is 0 Å². The van der Waals surface area contributed by atoms with Gasteiger partial charge in [-0.05, 0) is 38.1 Å². The maximum Gasteiger partial charge on any atom is 0.361 e. The van der Waals surface area contributed by atoms with Gasteiger partial charge in [-0.2, -0.15) is 0 Å². The molecule has 0 radical (unpaired) electrons. The van der Waals surface area contributed by atoms with Crippen molar-refractivity contribution >= 4 is 41.9 Å². The summed E-state index contributed by atoms with van der Waals surface area (Å²) in [6, 6.07) is 6.23. The zero-order valence-electron chi connectivity index (χ0n) is 15.7. The molecular weight excluding hydrogens is 394 g/mol. The number of benzene rings is 1. The zero-order valence-corrected chi connectivity index (χ0v) is 18.1. The molecule has 0 N–H and O–H groups in total. The third-order valence-corrected chi connectivity index (χ3v) is 5.44. The van der Waals surface area contributed by atoms with Crippen LogP contribution >= 0.6 is 30.8 Å². The molecule has 26 heavy (non-hydrogen) atoms. The van der Waals surface area contributed by atoms with Crippen LogP contribution in [0.4, 0.5) is 0 Å². The van der Waals surface area contributed by atoms with Crippen molar-refractivity contribution in [3.05, 3.63) is 64.2 Å². The molecule has 0 amide bonds. The Morgan fingerprint density at radius 1 is 1.31 bits per heavy atom. The Hall–Kier alpha value is -1.16. The van der Waals surface area contributed by atoms with Crippen LogP contribution in [0.2, 0.25) is 0 Å². The number of carbonyl (C=O) groups excluding carboxylic acids is 1. The smallest absolute Gasteiger partial charge is 0.309 e. The molecule has 144 valence electrons. The van der Waals surface area contributed by atoms with Gasteiger partial charge < -0.3 is 9.05 Å². The van der Waals surface area contributed by atoms with Crippen LogP contribution in [0, 0.1) is 0 Å². The first-order chi connectivity index (χ1) is 12.3. The molecule has 0 saturated heterocycles. The van der Waals surface area contributed by atoms with Crippen LogP contribution < -0.4 is 5.30 Å². The van der Waals surface area contributed by atoms with E-state index >= 15 is 0 Å². The van der Waals surface area contributed by atoms with Gasteiger partial charge in [0, 0.05) is 23.3 Å². The Balaban J connectivity index is 0.00000301. The molecule has 1 aromatic rings. The SMILES string of the molecule is C=C/C(Cl)=C(\C=C(/C)Cl)C(=O)c1cccc(P(=O)(OC)OCC)c1.CC. The van der Waals surface area contributed by atoms with Crippen LogP contribution in [-0.4, -0.2) is 19.5 Å². The van der Waals surface area contributed by atoms with Crippen molar-refractivity contribution < 1.29 is 18.4 Å². The lowest BCUT2D eigenvalue weighted by Crippen LogP contribution is -2.12. The van der Waals surface area contributed by atoms with Crippen LogP contribution in [0.3, 0.4) is 0 Å². The highest BCUT2D eigenvalue weighted by Gasteiger charge is 2.26. The third kappa shape index (κ3) is 6.86. The van der Waals surface area contributed by atoms with Gasteiger partial charge in [-0.15, -0.1) is 0 Å². The topological polar surface area (TPSA) is 52.6 Å². The van der Waals surface area contributed by atoms with Crippen LogP contribution in [-0.2, 0) is 13.6 Å². The van der Waals surface area contributed by atoms with Crippen LogP contribution in [0.25, 0.3) is 0 Å². The van der Waals surface area contributed by atoms with Crippen molar-refractivity contribution in [2.24, 2.45) is 0 Å². The van der Waals surface area contributed by atoms with Crippen molar-refractivity contribution in [3.63, 3.8) is 0 Å². The fourth-order valence-electron chi connectivity index (χ4n) is 1.93. The minimum absolute atomic E-state index is 0.171. The van der Waals surface area contributed by atoms with Gasteiger partial charge in [-0.3, -0.25) is 9.36 Å². The normalized spacial score (nSPS) is 14.5. The van der Waals surface area contributed by atoms with E-state index in [9.17, 15) is 9.36 Å². The molecule has 0 fully saturated rings. The number of Topliss-reactive ketones (excluding diaryl/α,β-unsaturated/α-hetero) is 1.